The van der Waals surface area contributed by atoms with Crippen molar-refractivity contribution in [2.75, 3.05) is 38.1 Å². The summed E-state index contributed by atoms with van der Waals surface area (Å²) in [6.45, 7) is 4.32. The van der Waals surface area contributed by atoms with Crippen LogP contribution in [0, 0.1) is 5.41 Å². The fraction of sp³-hybridized carbons (Fsp3) is 0.400. The van der Waals surface area contributed by atoms with Crippen LogP contribution in [-0.4, -0.2) is 63.4 Å². The van der Waals surface area contributed by atoms with E-state index in [1.807, 2.05) is 6.07 Å². The van der Waals surface area contributed by atoms with Crippen molar-refractivity contribution in [3.8, 4) is 28.5 Å². The summed E-state index contributed by atoms with van der Waals surface area (Å²) in [4.78, 5) is 13.2. The summed E-state index contributed by atoms with van der Waals surface area (Å²) in [7, 11) is 2.18. The zero-order valence-corrected chi connectivity index (χ0v) is 15.7. The van der Waals surface area contributed by atoms with Gasteiger partial charge in [0.2, 0.25) is 11.8 Å². The van der Waals surface area contributed by atoms with Gasteiger partial charge in [0.15, 0.2) is 0 Å². The topological polar surface area (TPSA) is 91.4 Å². The van der Waals surface area contributed by atoms with Crippen LogP contribution in [0.4, 0.5) is 5.95 Å². The second-order valence-electron chi connectivity index (χ2n) is 7.87. The number of rotatable bonds is 3. The molecule has 3 aromatic rings. The van der Waals surface area contributed by atoms with E-state index in [0.717, 1.165) is 26.2 Å². The van der Waals surface area contributed by atoms with Crippen molar-refractivity contribution in [1.29, 1.82) is 0 Å². The van der Waals surface area contributed by atoms with E-state index < -0.39 is 0 Å². The van der Waals surface area contributed by atoms with Crippen LogP contribution >= 0.6 is 0 Å². The van der Waals surface area contributed by atoms with Crippen molar-refractivity contribution in [1.82, 2.24) is 25.1 Å². The number of piperidine rings is 1. The second-order valence-corrected chi connectivity index (χ2v) is 7.87. The third kappa shape index (κ3) is 2.99. The SMILES string of the molecule is CN1CCC2(CC1)CN(c1ncc(-c3ccc(-c4ncco4)cc3O)nn1)C2. The summed E-state index contributed by atoms with van der Waals surface area (Å²) < 4.78 is 5.26. The zero-order chi connectivity index (χ0) is 19.1. The van der Waals surface area contributed by atoms with E-state index in [0.29, 0.717) is 34.1 Å². The molecule has 0 amide bonds. The van der Waals surface area contributed by atoms with Gasteiger partial charge in [-0.3, -0.25) is 0 Å². The lowest BCUT2D eigenvalue weighted by molar-refractivity contribution is 0.0893. The molecule has 2 fully saturated rings. The molecule has 0 unspecified atom stereocenters. The minimum absolute atomic E-state index is 0.0915. The van der Waals surface area contributed by atoms with Gasteiger partial charge in [0.25, 0.3) is 0 Å². The lowest BCUT2D eigenvalue weighted by Gasteiger charge is -2.53. The summed E-state index contributed by atoms with van der Waals surface area (Å²) in [5.41, 5.74) is 2.24. The van der Waals surface area contributed by atoms with Crippen LogP contribution in [0.5, 0.6) is 5.75 Å². The normalized spacial score (nSPS) is 19.0. The van der Waals surface area contributed by atoms with E-state index in [1.54, 1.807) is 24.5 Å². The molecular formula is C20H22N6O2. The first-order chi connectivity index (χ1) is 13.6. The molecule has 8 nitrogen and oxygen atoms in total. The highest BCUT2D eigenvalue weighted by Crippen LogP contribution is 2.41. The molecule has 0 aliphatic carbocycles. The Bertz CT molecular complexity index is 957. The van der Waals surface area contributed by atoms with Crippen molar-refractivity contribution in [3.63, 3.8) is 0 Å². The fourth-order valence-corrected chi connectivity index (χ4v) is 4.10. The van der Waals surface area contributed by atoms with Gasteiger partial charge in [-0.15, -0.1) is 10.2 Å². The highest BCUT2D eigenvalue weighted by molar-refractivity contribution is 5.71. The Morgan fingerprint density at radius 1 is 1.11 bits per heavy atom. The number of nitrogens with zero attached hydrogens (tertiary/aromatic N) is 6. The molecule has 8 heteroatoms. The molecule has 2 aromatic heterocycles. The number of oxazole rings is 1. The van der Waals surface area contributed by atoms with Crippen molar-refractivity contribution >= 4 is 5.95 Å². The Kier molecular flexibility index (Phi) is 4.01. The highest BCUT2D eigenvalue weighted by Gasteiger charge is 2.45. The quantitative estimate of drug-likeness (QED) is 0.743. The van der Waals surface area contributed by atoms with Gasteiger partial charge in [-0.2, -0.15) is 0 Å². The van der Waals surface area contributed by atoms with Crippen LogP contribution in [0.25, 0.3) is 22.7 Å². The minimum atomic E-state index is 0.0915. The summed E-state index contributed by atoms with van der Waals surface area (Å²) in [5, 5.41) is 19.0. The molecule has 0 bridgehead atoms. The van der Waals surface area contributed by atoms with Crippen LogP contribution in [0.1, 0.15) is 12.8 Å². The van der Waals surface area contributed by atoms with Gasteiger partial charge in [0.1, 0.15) is 17.7 Å². The van der Waals surface area contributed by atoms with E-state index >= 15 is 0 Å². The molecule has 2 saturated heterocycles. The first kappa shape index (κ1) is 17.1. The Hall–Kier alpha value is -3.00. The number of anilines is 1. The Balaban J connectivity index is 1.30. The van der Waals surface area contributed by atoms with Gasteiger partial charge in [0.05, 0.1) is 12.4 Å². The molecule has 5 rings (SSSR count). The maximum absolute atomic E-state index is 10.4. The Labute approximate surface area is 162 Å². The summed E-state index contributed by atoms with van der Waals surface area (Å²) in [6.07, 6.45) is 7.20. The molecule has 4 heterocycles. The lowest BCUT2D eigenvalue weighted by Crippen LogP contribution is -2.60. The average molecular weight is 378 g/mol. The highest BCUT2D eigenvalue weighted by atomic mass is 16.3. The molecule has 2 aliphatic rings. The van der Waals surface area contributed by atoms with E-state index in [2.05, 4.69) is 37.0 Å². The molecule has 1 aromatic carbocycles. The van der Waals surface area contributed by atoms with Crippen molar-refractivity contribution < 1.29 is 9.52 Å². The number of phenols is 1. The second kappa shape index (κ2) is 6.56. The first-order valence-electron chi connectivity index (χ1n) is 9.48. The number of aromatic hydroxyl groups is 1. The maximum Gasteiger partial charge on any atom is 0.245 e. The van der Waals surface area contributed by atoms with Gasteiger partial charge in [-0.1, -0.05) is 0 Å². The number of aromatic nitrogens is 4. The van der Waals surface area contributed by atoms with Gasteiger partial charge >= 0.3 is 0 Å². The number of benzene rings is 1. The van der Waals surface area contributed by atoms with Gasteiger partial charge < -0.3 is 19.3 Å². The Morgan fingerprint density at radius 2 is 1.93 bits per heavy atom. The molecule has 0 atom stereocenters. The molecule has 1 N–H and O–H groups in total. The fourth-order valence-electron chi connectivity index (χ4n) is 4.10. The number of likely N-dealkylation sites (tertiary alicyclic amines) is 1. The third-order valence-electron chi connectivity index (χ3n) is 5.89. The van der Waals surface area contributed by atoms with Crippen molar-refractivity contribution in [2.45, 2.75) is 12.8 Å². The third-order valence-corrected chi connectivity index (χ3v) is 5.89. The first-order valence-corrected chi connectivity index (χ1v) is 9.48. The number of hydrogen-bond donors (Lipinski definition) is 1. The zero-order valence-electron chi connectivity index (χ0n) is 15.7. The van der Waals surface area contributed by atoms with Crippen LogP contribution in [0.15, 0.2) is 41.3 Å². The average Bonchev–Trinajstić information content (AvgIpc) is 3.22. The molecule has 2 aliphatic heterocycles. The predicted octanol–water partition coefficient (Wildman–Crippen LogP) is 2.43. The van der Waals surface area contributed by atoms with E-state index in [4.69, 9.17) is 4.42 Å². The van der Waals surface area contributed by atoms with E-state index in [9.17, 15) is 5.11 Å². The van der Waals surface area contributed by atoms with Gasteiger partial charge in [-0.05, 0) is 51.2 Å². The standard InChI is InChI=1S/C20H22N6O2/c1-25-7-4-20(5-8-25)12-26(13-20)19-22-11-16(23-24-19)15-3-2-14(10-17(15)27)18-21-6-9-28-18/h2-3,6,9-11,27H,4-5,7-8,12-13H2,1H3. The van der Waals surface area contributed by atoms with Gasteiger partial charge in [-0.25, -0.2) is 9.97 Å². The van der Waals surface area contributed by atoms with Crippen molar-refractivity contribution in [2.24, 2.45) is 5.41 Å². The number of hydrogen-bond acceptors (Lipinski definition) is 8. The minimum Gasteiger partial charge on any atom is -0.507 e. The smallest absolute Gasteiger partial charge is 0.245 e. The molecule has 144 valence electrons. The molecule has 0 radical (unpaired) electrons. The molecular weight excluding hydrogens is 356 g/mol. The summed E-state index contributed by atoms with van der Waals surface area (Å²) in [6, 6.07) is 5.21. The summed E-state index contributed by atoms with van der Waals surface area (Å²) >= 11 is 0. The number of phenolic OH excluding ortho intramolecular Hbond substituents is 1. The van der Waals surface area contributed by atoms with Crippen LogP contribution in [-0.2, 0) is 0 Å². The van der Waals surface area contributed by atoms with Crippen LogP contribution < -0.4 is 4.90 Å². The maximum atomic E-state index is 10.4. The summed E-state index contributed by atoms with van der Waals surface area (Å²) in [5.74, 6) is 1.21. The Morgan fingerprint density at radius 3 is 2.57 bits per heavy atom. The molecule has 1 spiro atoms. The van der Waals surface area contributed by atoms with E-state index in [-0.39, 0.29) is 5.75 Å². The van der Waals surface area contributed by atoms with Crippen molar-refractivity contribution in [3.05, 3.63) is 36.9 Å². The van der Waals surface area contributed by atoms with Crippen LogP contribution in [0.3, 0.4) is 0 Å². The van der Waals surface area contributed by atoms with Crippen LogP contribution in [0.2, 0.25) is 0 Å². The predicted molar refractivity (Wildman–Crippen MR) is 104 cm³/mol. The van der Waals surface area contributed by atoms with E-state index in [1.165, 1.54) is 19.1 Å². The van der Waals surface area contributed by atoms with Gasteiger partial charge in [0, 0.05) is 29.6 Å². The molecule has 28 heavy (non-hydrogen) atoms. The lowest BCUT2D eigenvalue weighted by atomic mass is 9.72. The monoisotopic (exact) mass is 378 g/mol. The molecule has 0 saturated carbocycles. The largest absolute Gasteiger partial charge is 0.507 e.